The van der Waals surface area contributed by atoms with Gasteiger partial charge in [-0.25, -0.2) is 4.98 Å². The van der Waals surface area contributed by atoms with Crippen LogP contribution in [-0.2, 0) is 4.79 Å². The van der Waals surface area contributed by atoms with Crippen LogP contribution in [0.25, 0.3) is 0 Å². The predicted molar refractivity (Wildman–Crippen MR) is 108 cm³/mol. The highest BCUT2D eigenvalue weighted by Gasteiger charge is 2.17. The molecule has 0 spiro atoms. The maximum absolute atomic E-state index is 12.1. The number of carbonyl (C=O) groups is 2. The van der Waals surface area contributed by atoms with Crippen molar-refractivity contribution in [2.75, 3.05) is 10.3 Å². The molecule has 142 valence electrons. The van der Waals surface area contributed by atoms with Crippen molar-refractivity contribution in [1.82, 2.24) is 4.98 Å². The highest BCUT2D eigenvalue weighted by atomic mass is 35.5. The molecular weight excluding hydrogens is 400 g/mol. The quantitative estimate of drug-likeness (QED) is 0.494. The van der Waals surface area contributed by atoms with Gasteiger partial charge in [-0.1, -0.05) is 35.9 Å². The number of halogens is 1. The van der Waals surface area contributed by atoms with Crippen LogP contribution >= 0.6 is 22.9 Å². The van der Waals surface area contributed by atoms with Crippen LogP contribution in [0.1, 0.15) is 23.0 Å². The largest absolute Gasteiger partial charge is 0.545 e. The van der Waals surface area contributed by atoms with Crippen molar-refractivity contribution in [3.63, 3.8) is 0 Å². The molecule has 1 N–H and O–H groups in total. The van der Waals surface area contributed by atoms with Crippen molar-refractivity contribution in [3.05, 3.63) is 70.2 Å². The Morgan fingerprint density at radius 3 is 2.68 bits per heavy atom. The van der Waals surface area contributed by atoms with E-state index in [1.807, 2.05) is 30.3 Å². The van der Waals surface area contributed by atoms with E-state index in [1.165, 1.54) is 47.6 Å². The van der Waals surface area contributed by atoms with Gasteiger partial charge in [0.15, 0.2) is 5.13 Å². The molecule has 2 aromatic carbocycles. The smallest absolute Gasteiger partial charge is 0.230 e. The Kier molecular flexibility index (Phi) is 6.03. The summed E-state index contributed by atoms with van der Waals surface area (Å²) in [7, 11) is 0. The molecule has 0 unspecified atom stereocenters. The van der Waals surface area contributed by atoms with Crippen LogP contribution < -0.4 is 15.4 Å². The Morgan fingerprint density at radius 2 is 2.00 bits per heavy atom. The van der Waals surface area contributed by atoms with Gasteiger partial charge in [-0.05, 0) is 29.8 Å². The molecule has 0 atom stereocenters. The Morgan fingerprint density at radius 1 is 1.25 bits per heavy atom. The van der Waals surface area contributed by atoms with Gasteiger partial charge in [0.2, 0.25) is 5.91 Å². The van der Waals surface area contributed by atoms with Crippen LogP contribution in [0.2, 0.25) is 5.02 Å². The third-order valence-electron chi connectivity index (χ3n) is 3.61. The van der Waals surface area contributed by atoms with E-state index >= 15 is 0 Å². The number of aromatic nitrogens is 1. The second-order valence-corrected chi connectivity index (χ2v) is 6.84. The van der Waals surface area contributed by atoms with E-state index in [-0.39, 0.29) is 11.5 Å². The summed E-state index contributed by atoms with van der Waals surface area (Å²) < 4.78 is 0. The summed E-state index contributed by atoms with van der Waals surface area (Å²) in [5.74, 6) is -1.47. The molecule has 0 saturated carbocycles. The fourth-order valence-corrected chi connectivity index (χ4v) is 3.35. The summed E-state index contributed by atoms with van der Waals surface area (Å²) in [4.78, 5) is 28.9. The number of hydrogen-bond donors (Lipinski definition) is 1. The van der Waals surface area contributed by atoms with Crippen molar-refractivity contribution in [2.24, 2.45) is 5.10 Å². The van der Waals surface area contributed by atoms with Gasteiger partial charge in [-0.15, -0.1) is 11.3 Å². The number of aromatic carboxylic acids is 1. The molecular formula is C19H14ClN4O3S-. The molecule has 9 heteroatoms. The van der Waals surface area contributed by atoms with E-state index in [2.05, 4.69) is 15.5 Å². The number of thiazole rings is 1. The minimum Gasteiger partial charge on any atom is -0.545 e. The van der Waals surface area contributed by atoms with Gasteiger partial charge in [-0.3, -0.25) is 15.1 Å². The summed E-state index contributed by atoms with van der Waals surface area (Å²) >= 11 is 7.32. The number of benzene rings is 2. The van der Waals surface area contributed by atoms with E-state index in [0.29, 0.717) is 21.5 Å². The van der Waals surface area contributed by atoms with Crippen LogP contribution in [0.3, 0.4) is 0 Å². The number of rotatable bonds is 6. The molecule has 3 rings (SSSR count). The number of amides is 1. The highest BCUT2D eigenvalue weighted by molar-refractivity contribution is 7.14. The maximum Gasteiger partial charge on any atom is 0.230 e. The number of para-hydroxylation sites is 1. The van der Waals surface area contributed by atoms with Gasteiger partial charge in [-0.2, -0.15) is 5.10 Å². The molecule has 28 heavy (non-hydrogen) atoms. The molecule has 3 aromatic rings. The molecule has 0 aliphatic carbocycles. The first-order valence-electron chi connectivity index (χ1n) is 8.07. The summed E-state index contributed by atoms with van der Waals surface area (Å²) in [6.45, 7) is 1.47. The van der Waals surface area contributed by atoms with E-state index < -0.39 is 5.97 Å². The molecule has 0 bridgehead atoms. The van der Waals surface area contributed by atoms with Crippen molar-refractivity contribution >= 4 is 57.5 Å². The second kappa shape index (κ2) is 8.64. The van der Waals surface area contributed by atoms with Gasteiger partial charge in [0, 0.05) is 12.3 Å². The molecule has 1 amide bonds. The van der Waals surface area contributed by atoms with Crippen LogP contribution in [0.5, 0.6) is 0 Å². The topological polar surface area (TPSA) is 97.7 Å². The van der Waals surface area contributed by atoms with Crippen molar-refractivity contribution in [3.8, 4) is 0 Å². The monoisotopic (exact) mass is 413 g/mol. The average Bonchev–Trinajstić information content (AvgIpc) is 3.12. The molecule has 0 saturated heterocycles. The first-order chi connectivity index (χ1) is 13.5. The first kappa shape index (κ1) is 19.5. The van der Waals surface area contributed by atoms with Crippen LogP contribution in [-0.4, -0.2) is 23.1 Å². The fourth-order valence-electron chi connectivity index (χ4n) is 2.35. The molecule has 1 aromatic heterocycles. The number of carboxylic acids is 1. The third-order valence-corrected chi connectivity index (χ3v) is 4.79. The van der Waals surface area contributed by atoms with Crippen LogP contribution in [0, 0.1) is 0 Å². The van der Waals surface area contributed by atoms with Crippen LogP contribution in [0.15, 0.2) is 59.0 Å². The zero-order chi connectivity index (χ0) is 20.1. The molecule has 0 fully saturated rings. The van der Waals surface area contributed by atoms with Crippen LogP contribution in [0.4, 0.5) is 16.5 Å². The van der Waals surface area contributed by atoms with Gasteiger partial charge >= 0.3 is 0 Å². The molecule has 0 radical (unpaired) electrons. The summed E-state index contributed by atoms with van der Waals surface area (Å²) in [5, 5.41) is 17.5. The number of anilines is 3. The summed E-state index contributed by atoms with van der Waals surface area (Å²) in [6, 6.07) is 13.3. The van der Waals surface area contributed by atoms with Gasteiger partial charge in [0.1, 0.15) is 0 Å². The van der Waals surface area contributed by atoms with E-state index in [0.717, 1.165) is 5.69 Å². The average molecular weight is 414 g/mol. The predicted octanol–water partition coefficient (Wildman–Crippen LogP) is 3.29. The standard InChI is InChI=1S/C19H15ClN4O3S/c1-12(25)24(15-5-3-2-4-6-15)19-22-14(11-28-19)10-21-23-17-9-13(18(26)27)7-8-16(17)20/h2-11,23H,1H3,(H,26,27)/p-1/b21-10-. The summed E-state index contributed by atoms with van der Waals surface area (Å²) in [5.41, 5.74) is 4.24. The minimum atomic E-state index is -1.31. The normalized spacial score (nSPS) is 10.8. The third kappa shape index (κ3) is 4.54. The van der Waals surface area contributed by atoms with Gasteiger partial charge < -0.3 is 9.90 Å². The van der Waals surface area contributed by atoms with Crippen molar-refractivity contribution in [2.45, 2.75) is 6.92 Å². The first-order valence-corrected chi connectivity index (χ1v) is 9.32. The fraction of sp³-hybridized carbons (Fsp3) is 0.0526. The lowest BCUT2D eigenvalue weighted by atomic mass is 10.2. The van der Waals surface area contributed by atoms with E-state index in [9.17, 15) is 14.7 Å². The zero-order valence-electron chi connectivity index (χ0n) is 14.6. The van der Waals surface area contributed by atoms with E-state index in [1.54, 1.807) is 5.38 Å². The lowest BCUT2D eigenvalue weighted by Gasteiger charge is -2.17. The second-order valence-electron chi connectivity index (χ2n) is 5.60. The number of nitrogens with one attached hydrogen (secondary N) is 1. The molecule has 0 aliphatic rings. The highest BCUT2D eigenvalue weighted by Crippen LogP contribution is 2.28. The zero-order valence-corrected chi connectivity index (χ0v) is 16.2. The van der Waals surface area contributed by atoms with Crippen molar-refractivity contribution in [1.29, 1.82) is 0 Å². The summed E-state index contributed by atoms with van der Waals surface area (Å²) in [6.07, 6.45) is 1.45. The van der Waals surface area contributed by atoms with Gasteiger partial charge in [0.25, 0.3) is 0 Å². The minimum absolute atomic E-state index is 0.0157. The lowest BCUT2D eigenvalue weighted by molar-refractivity contribution is -0.255. The van der Waals surface area contributed by atoms with Gasteiger partial charge in [0.05, 0.1) is 34.3 Å². The SMILES string of the molecule is CC(=O)N(c1ccccc1)c1nc(/C=N\Nc2cc(C(=O)[O-])ccc2Cl)cs1. The Balaban J connectivity index is 1.77. The number of hydrazone groups is 1. The number of carboxylic acid groups (broad SMARTS) is 1. The van der Waals surface area contributed by atoms with E-state index in [4.69, 9.17) is 11.6 Å². The Bertz CT molecular complexity index is 1040. The Labute approximate surface area is 169 Å². The number of nitrogens with zero attached hydrogens (tertiary/aromatic N) is 3. The lowest BCUT2D eigenvalue weighted by Crippen LogP contribution is -2.22. The number of carbonyl (C=O) groups excluding carboxylic acids is 2. The molecule has 1 heterocycles. The number of hydrogen-bond acceptors (Lipinski definition) is 7. The Hall–Kier alpha value is -3.23. The van der Waals surface area contributed by atoms with Crippen molar-refractivity contribution < 1.29 is 14.7 Å². The molecule has 7 nitrogen and oxygen atoms in total. The molecule has 0 aliphatic heterocycles. The maximum atomic E-state index is 12.1.